The lowest BCUT2D eigenvalue weighted by molar-refractivity contribution is -0.359. The third-order valence-corrected chi connectivity index (χ3v) is 17.0. The van der Waals surface area contributed by atoms with Crippen molar-refractivity contribution in [3.8, 4) is 0 Å². The Bertz CT molecular complexity index is 1590. The Hall–Kier alpha value is -2.05. The van der Waals surface area contributed by atoms with Crippen molar-refractivity contribution in [2.75, 3.05) is 19.8 Å². The van der Waals surface area contributed by atoms with Gasteiger partial charge in [-0.25, -0.2) is 0 Å². The molecule has 0 aromatic heterocycles. The maximum Gasteiger partial charge on any atom is 0.220 e. The zero-order chi connectivity index (χ0) is 60.9. The quantitative estimate of drug-likeness (QED) is 0.0204. The van der Waals surface area contributed by atoms with E-state index in [1.807, 2.05) is 6.08 Å². The number of aliphatic hydroxyl groups excluding tert-OH is 8. The number of carbonyl (C=O) groups is 1. The van der Waals surface area contributed by atoms with Gasteiger partial charge in [-0.2, -0.15) is 0 Å². The number of unbranched alkanes of at least 4 members (excludes halogenated alkanes) is 38. The lowest BCUT2D eigenvalue weighted by atomic mass is 9.97. The van der Waals surface area contributed by atoms with Crippen LogP contribution >= 0.6 is 0 Å². The lowest BCUT2D eigenvalue weighted by Crippen LogP contribution is -2.65. The van der Waals surface area contributed by atoms with Crippen LogP contribution < -0.4 is 5.32 Å². The first-order valence-electron chi connectivity index (χ1n) is 34.9. The highest BCUT2D eigenvalue weighted by molar-refractivity contribution is 5.76. The van der Waals surface area contributed by atoms with Crippen LogP contribution in [0.2, 0.25) is 0 Å². The maximum atomic E-state index is 13.2. The SMILES string of the molecule is CCCCCCC/C=C\C/C=C\C/C=C\CCCCCCCCCCCCCCCCCCCCCCCCCCCCC(=O)NC(COC1OC(CO)C(OC2OC(CO)C(O)C(O)C2O)C(O)C1O)C(O)/C=C/CCCCCCCCC. The van der Waals surface area contributed by atoms with Crippen molar-refractivity contribution >= 4 is 5.91 Å². The second-order valence-electron chi connectivity index (χ2n) is 24.7. The highest BCUT2D eigenvalue weighted by Crippen LogP contribution is 2.30. The van der Waals surface area contributed by atoms with E-state index in [-0.39, 0.29) is 18.9 Å². The van der Waals surface area contributed by atoms with Crippen LogP contribution in [0.15, 0.2) is 48.6 Å². The molecule has 492 valence electrons. The number of nitrogens with one attached hydrogen (secondary N) is 1. The number of aliphatic hydroxyl groups is 8. The minimum atomic E-state index is -1.79. The molecular formula is C70H129NO13. The smallest absolute Gasteiger partial charge is 0.220 e. The van der Waals surface area contributed by atoms with E-state index in [0.29, 0.717) is 6.42 Å². The van der Waals surface area contributed by atoms with Crippen molar-refractivity contribution in [1.29, 1.82) is 0 Å². The van der Waals surface area contributed by atoms with Gasteiger partial charge in [0.15, 0.2) is 12.6 Å². The first kappa shape index (κ1) is 78.0. The Labute approximate surface area is 512 Å². The highest BCUT2D eigenvalue weighted by Gasteiger charge is 2.51. The summed E-state index contributed by atoms with van der Waals surface area (Å²) in [6.45, 7) is 2.76. The number of hydrogen-bond donors (Lipinski definition) is 9. The average molecular weight is 1190 g/mol. The Morgan fingerprint density at radius 1 is 0.429 bits per heavy atom. The Morgan fingerprint density at radius 2 is 0.786 bits per heavy atom. The zero-order valence-corrected chi connectivity index (χ0v) is 53.4. The van der Waals surface area contributed by atoms with Crippen LogP contribution in [-0.4, -0.2) is 140 Å². The molecular weight excluding hydrogens is 1060 g/mol. The van der Waals surface area contributed by atoms with Gasteiger partial charge >= 0.3 is 0 Å². The van der Waals surface area contributed by atoms with E-state index in [2.05, 4.69) is 55.6 Å². The summed E-state index contributed by atoms with van der Waals surface area (Å²) in [7, 11) is 0. The normalized spacial score (nSPS) is 23.9. The number of hydrogen-bond acceptors (Lipinski definition) is 13. The molecule has 1 amide bonds. The Morgan fingerprint density at radius 3 is 1.20 bits per heavy atom. The van der Waals surface area contributed by atoms with Crippen LogP contribution in [0.5, 0.6) is 0 Å². The number of rotatable bonds is 57. The van der Waals surface area contributed by atoms with E-state index in [9.17, 15) is 45.6 Å². The van der Waals surface area contributed by atoms with E-state index >= 15 is 0 Å². The fraction of sp³-hybridized carbons (Fsp3) is 0.871. The van der Waals surface area contributed by atoms with Crippen molar-refractivity contribution in [2.45, 2.75) is 370 Å². The number of allylic oxidation sites excluding steroid dienone is 7. The molecule has 0 saturated carbocycles. The van der Waals surface area contributed by atoms with Gasteiger partial charge in [0, 0.05) is 6.42 Å². The summed E-state index contributed by atoms with van der Waals surface area (Å²) in [6, 6.07) is -0.911. The first-order valence-corrected chi connectivity index (χ1v) is 34.9. The molecule has 0 radical (unpaired) electrons. The topological polar surface area (TPSA) is 228 Å². The molecule has 9 N–H and O–H groups in total. The molecule has 2 heterocycles. The summed E-state index contributed by atoms with van der Waals surface area (Å²) in [4.78, 5) is 13.2. The standard InChI is InChI=1S/C70H129NO13/c1-3-5-7-9-11-13-14-15-16-17-18-19-20-21-22-23-24-25-26-27-28-29-30-31-32-33-34-35-36-37-38-39-40-41-42-43-44-46-48-50-52-54-62(75)71-58(59(74)53-51-49-47-45-12-10-8-6-4-2)57-81-69-67(80)65(78)68(61(56-73)83-69)84-70-66(79)64(77)63(76)60(55-72)82-70/h14-15,17-18,20-21,51,53,58-61,63-70,72-74,76-80H,3-13,16,19,22-50,52,54-57H2,1-2H3,(H,71,75)/b15-14-,18-17-,21-20-,53-51+. The van der Waals surface area contributed by atoms with Gasteiger partial charge in [-0.15, -0.1) is 0 Å². The fourth-order valence-corrected chi connectivity index (χ4v) is 11.4. The molecule has 12 atom stereocenters. The van der Waals surface area contributed by atoms with E-state index in [1.54, 1.807) is 6.08 Å². The molecule has 2 fully saturated rings. The minimum absolute atomic E-state index is 0.238. The van der Waals surface area contributed by atoms with Crippen LogP contribution in [0.25, 0.3) is 0 Å². The van der Waals surface area contributed by atoms with E-state index < -0.39 is 86.8 Å². The third-order valence-electron chi connectivity index (χ3n) is 17.0. The maximum absolute atomic E-state index is 13.2. The van der Waals surface area contributed by atoms with E-state index in [0.717, 1.165) is 51.4 Å². The number of ether oxygens (including phenoxy) is 4. The molecule has 0 aromatic carbocycles. The van der Waals surface area contributed by atoms with Crippen molar-refractivity contribution < 1.29 is 64.6 Å². The van der Waals surface area contributed by atoms with Gasteiger partial charge in [0.2, 0.25) is 5.91 Å². The molecule has 14 heteroatoms. The molecule has 0 aliphatic carbocycles. The van der Waals surface area contributed by atoms with Gasteiger partial charge in [0.1, 0.15) is 48.8 Å². The molecule has 0 aromatic rings. The first-order chi connectivity index (χ1) is 41.1. The number of carbonyl (C=O) groups excluding carboxylic acids is 1. The lowest BCUT2D eigenvalue weighted by Gasteiger charge is -2.46. The molecule has 84 heavy (non-hydrogen) atoms. The molecule has 0 bridgehead atoms. The Balaban J connectivity index is 1.49. The van der Waals surface area contributed by atoms with Gasteiger partial charge in [-0.3, -0.25) is 4.79 Å². The van der Waals surface area contributed by atoms with Crippen LogP contribution in [0.3, 0.4) is 0 Å². The summed E-state index contributed by atoms with van der Waals surface area (Å²) in [5.41, 5.74) is 0. The van der Waals surface area contributed by atoms with Crippen molar-refractivity contribution in [3.63, 3.8) is 0 Å². The van der Waals surface area contributed by atoms with Crippen molar-refractivity contribution in [1.82, 2.24) is 5.32 Å². The molecule has 2 aliphatic rings. The zero-order valence-electron chi connectivity index (χ0n) is 53.4. The predicted octanol–water partition coefficient (Wildman–Crippen LogP) is 13.9. The highest BCUT2D eigenvalue weighted by atomic mass is 16.7. The van der Waals surface area contributed by atoms with E-state index in [4.69, 9.17) is 18.9 Å². The molecule has 2 rings (SSSR count). The van der Waals surface area contributed by atoms with Crippen molar-refractivity contribution in [2.24, 2.45) is 0 Å². The molecule has 0 spiro atoms. The number of amides is 1. The van der Waals surface area contributed by atoms with Crippen LogP contribution in [-0.2, 0) is 23.7 Å². The summed E-state index contributed by atoms with van der Waals surface area (Å²) < 4.78 is 22.7. The van der Waals surface area contributed by atoms with Gasteiger partial charge in [0.25, 0.3) is 0 Å². The predicted molar refractivity (Wildman–Crippen MR) is 341 cm³/mol. The monoisotopic (exact) mass is 1190 g/mol. The Kier molecular flexibility index (Phi) is 51.1. The molecule has 2 saturated heterocycles. The minimum Gasteiger partial charge on any atom is -0.394 e. The summed E-state index contributed by atoms with van der Waals surface area (Å²) in [5, 5.41) is 86.9. The van der Waals surface area contributed by atoms with Crippen molar-refractivity contribution in [3.05, 3.63) is 48.6 Å². The second kappa shape index (κ2) is 55.1. The summed E-state index contributed by atoms with van der Waals surface area (Å²) in [5.74, 6) is -0.238. The van der Waals surface area contributed by atoms with Crippen LogP contribution in [0.4, 0.5) is 0 Å². The summed E-state index contributed by atoms with van der Waals surface area (Å²) >= 11 is 0. The summed E-state index contributed by atoms with van der Waals surface area (Å²) in [6.07, 6.45) is 55.2. The van der Waals surface area contributed by atoms with Gasteiger partial charge in [0.05, 0.1) is 32.0 Å². The van der Waals surface area contributed by atoms with E-state index in [1.165, 1.54) is 218 Å². The molecule has 14 nitrogen and oxygen atoms in total. The fourth-order valence-electron chi connectivity index (χ4n) is 11.4. The average Bonchev–Trinajstić information content (AvgIpc) is 2.28. The van der Waals surface area contributed by atoms with Gasteiger partial charge in [-0.05, 0) is 57.8 Å². The van der Waals surface area contributed by atoms with Crippen LogP contribution in [0, 0.1) is 0 Å². The van der Waals surface area contributed by atoms with Gasteiger partial charge < -0.3 is 65.1 Å². The molecule has 12 unspecified atom stereocenters. The van der Waals surface area contributed by atoms with Gasteiger partial charge in [-0.1, -0.05) is 281 Å². The largest absolute Gasteiger partial charge is 0.394 e. The van der Waals surface area contributed by atoms with Crippen LogP contribution in [0.1, 0.15) is 296 Å². The second-order valence-corrected chi connectivity index (χ2v) is 24.7. The molecule has 2 aliphatic heterocycles. The third kappa shape index (κ3) is 39.1.